The molecule has 1 aliphatic heterocycles. The molecule has 2 heterocycles. The lowest BCUT2D eigenvalue weighted by Crippen LogP contribution is -2.34. The van der Waals surface area contributed by atoms with E-state index in [9.17, 15) is 9.59 Å². The van der Waals surface area contributed by atoms with Crippen LogP contribution >= 0.6 is 0 Å². The van der Waals surface area contributed by atoms with Crippen molar-refractivity contribution in [1.29, 1.82) is 0 Å². The van der Waals surface area contributed by atoms with Crippen molar-refractivity contribution >= 4 is 17.7 Å². The molecular formula is C16H16N2O4. The van der Waals surface area contributed by atoms with Crippen LogP contribution in [0.3, 0.4) is 0 Å². The zero-order valence-electron chi connectivity index (χ0n) is 12.1. The lowest BCUT2D eigenvalue weighted by Gasteiger charge is -2.13. The highest BCUT2D eigenvalue weighted by atomic mass is 16.6. The number of aryl methyl sites for hydroxylation is 1. The first-order valence-electron chi connectivity index (χ1n) is 7.00. The molecule has 0 spiro atoms. The van der Waals surface area contributed by atoms with E-state index in [1.807, 2.05) is 31.2 Å². The summed E-state index contributed by atoms with van der Waals surface area (Å²) in [6.45, 7) is 2.63. The van der Waals surface area contributed by atoms with Gasteiger partial charge in [-0.25, -0.2) is 4.79 Å². The van der Waals surface area contributed by atoms with Crippen LogP contribution in [0.25, 0.3) is 0 Å². The third kappa shape index (κ3) is 2.95. The van der Waals surface area contributed by atoms with Gasteiger partial charge in [0.05, 0.1) is 19.4 Å². The number of carbonyl (C=O) groups excluding carboxylic acids is 2. The molecule has 3 rings (SSSR count). The van der Waals surface area contributed by atoms with E-state index in [4.69, 9.17) is 9.15 Å². The van der Waals surface area contributed by atoms with Gasteiger partial charge in [0.25, 0.3) is 5.91 Å². The van der Waals surface area contributed by atoms with E-state index in [2.05, 4.69) is 5.32 Å². The van der Waals surface area contributed by atoms with E-state index in [0.29, 0.717) is 6.54 Å². The third-order valence-electron chi connectivity index (χ3n) is 3.45. The lowest BCUT2D eigenvalue weighted by atomic mass is 10.2. The van der Waals surface area contributed by atoms with Crippen LogP contribution in [0, 0.1) is 6.92 Å². The molecule has 1 atom stereocenters. The average Bonchev–Trinajstić information content (AvgIpc) is 3.15. The van der Waals surface area contributed by atoms with Gasteiger partial charge in [-0.05, 0) is 31.2 Å². The van der Waals surface area contributed by atoms with Crippen molar-refractivity contribution in [2.75, 3.05) is 18.0 Å². The maximum Gasteiger partial charge on any atom is 0.414 e. The molecule has 0 bridgehead atoms. The number of carbonyl (C=O) groups is 2. The van der Waals surface area contributed by atoms with Crippen molar-refractivity contribution in [2.45, 2.75) is 13.0 Å². The van der Waals surface area contributed by atoms with Crippen LogP contribution in [0.5, 0.6) is 0 Å². The molecule has 1 aromatic heterocycles. The van der Waals surface area contributed by atoms with Gasteiger partial charge in [0.1, 0.15) is 6.10 Å². The molecule has 6 heteroatoms. The topological polar surface area (TPSA) is 71.8 Å². The largest absolute Gasteiger partial charge is 0.459 e. The first-order chi connectivity index (χ1) is 10.6. The number of ether oxygens (including phenoxy) is 1. The molecule has 1 aliphatic rings. The molecule has 0 radical (unpaired) electrons. The molecule has 1 aromatic carbocycles. The quantitative estimate of drug-likeness (QED) is 0.940. The van der Waals surface area contributed by atoms with Gasteiger partial charge in [-0.3, -0.25) is 9.69 Å². The summed E-state index contributed by atoms with van der Waals surface area (Å²) in [6.07, 6.45) is 0.651. The van der Waals surface area contributed by atoms with Gasteiger partial charge in [0, 0.05) is 5.69 Å². The van der Waals surface area contributed by atoms with Gasteiger partial charge in [0.15, 0.2) is 5.76 Å². The van der Waals surface area contributed by atoms with Crippen molar-refractivity contribution in [1.82, 2.24) is 5.32 Å². The number of amides is 2. The molecule has 2 aromatic rings. The zero-order valence-corrected chi connectivity index (χ0v) is 12.1. The Morgan fingerprint density at radius 2 is 2.09 bits per heavy atom. The molecule has 1 saturated heterocycles. The zero-order chi connectivity index (χ0) is 15.5. The van der Waals surface area contributed by atoms with Gasteiger partial charge in [0.2, 0.25) is 0 Å². The minimum atomic E-state index is -0.402. The van der Waals surface area contributed by atoms with Gasteiger partial charge < -0.3 is 14.5 Å². The summed E-state index contributed by atoms with van der Waals surface area (Å²) in [5, 5.41) is 2.69. The number of rotatable bonds is 4. The third-order valence-corrected chi connectivity index (χ3v) is 3.45. The molecule has 2 amide bonds. The molecule has 114 valence electrons. The molecule has 6 nitrogen and oxygen atoms in total. The fourth-order valence-electron chi connectivity index (χ4n) is 2.26. The van der Waals surface area contributed by atoms with Crippen LogP contribution < -0.4 is 10.2 Å². The highest BCUT2D eigenvalue weighted by Gasteiger charge is 2.32. The maximum atomic E-state index is 11.9. The number of nitrogens with one attached hydrogen (secondary N) is 1. The van der Waals surface area contributed by atoms with Crippen molar-refractivity contribution in [3.8, 4) is 0 Å². The Balaban J connectivity index is 1.58. The number of cyclic esters (lactones) is 1. The summed E-state index contributed by atoms with van der Waals surface area (Å²) in [5.41, 5.74) is 1.91. The summed E-state index contributed by atoms with van der Waals surface area (Å²) in [7, 11) is 0. The van der Waals surface area contributed by atoms with Crippen LogP contribution in [0.4, 0.5) is 10.5 Å². The Kier molecular flexibility index (Phi) is 3.82. The highest BCUT2D eigenvalue weighted by molar-refractivity contribution is 5.92. The Hall–Kier alpha value is -2.76. The van der Waals surface area contributed by atoms with Crippen molar-refractivity contribution < 1.29 is 18.7 Å². The Labute approximate surface area is 127 Å². The highest BCUT2D eigenvalue weighted by Crippen LogP contribution is 2.21. The van der Waals surface area contributed by atoms with Crippen molar-refractivity contribution in [2.24, 2.45) is 0 Å². The van der Waals surface area contributed by atoms with E-state index in [1.54, 1.807) is 17.0 Å². The molecule has 22 heavy (non-hydrogen) atoms. The van der Waals surface area contributed by atoms with Crippen LogP contribution in [0.15, 0.2) is 47.1 Å². The summed E-state index contributed by atoms with van der Waals surface area (Å²) >= 11 is 0. The number of nitrogens with zero attached hydrogens (tertiary/aromatic N) is 1. The number of benzene rings is 1. The van der Waals surface area contributed by atoms with Crippen molar-refractivity contribution in [3.05, 3.63) is 54.0 Å². The lowest BCUT2D eigenvalue weighted by molar-refractivity contribution is 0.0889. The number of furan rings is 1. The fraction of sp³-hybridized carbons (Fsp3) is 0.250. The van der Waals surface area contributed by atoms with Gasteiger partial charge in [-0.15, -0.1) is 0 Å². The predicted octanol–water partition coefficient (Wildman–Crippen LogP) is 2.34. The second-order valence-electron chi connectivity index (χ2n) is 5.14. The Morgan fingerprint density at radius 1 is 1.32 bits per heavy atom. The number of hydrogen-bond donors (Lipinski definition) is 1. The Bertz CT molecular complexity index is 664. The van der Waals surface area contributed by atoms with Crippen LogP contribution in [0.2, 0.25) is 0 Å². The van der Waals surface area contributed by atoms with Crippen LogP contribution in [-0.4, -0.2) is 31.2 Å². The minimum Gasteiger partial charge on any atom is -0.459 e. The average molecular weight is 300 g/mol. The van der Waals surface area contributed by atoms with Gasteiger partial charge in [-0.1, -0.05) is 17.7 Å². The van der Waals surface area contributed by atoms with E-state index in [0.717, 1.165) is 11.3 Å². The molecule has 0 saturated carbocycles. The van der Waals surface area contributed by atoms with Gasteiger partial charge >= 0.3 is 6.09 Å². The summed E-state index contributed by atoms with van der Waals surface area (Å²) in [4.78, 5) is 25.2. The summed E-state index contributed by atoms with van der Waals surface area (Å²) < 4.78 is 10.3. The number of anilines is 1. The van der Waals surface area contributed by atoms with E-state index in [-0.39, 0.29) is 24.3 Å². The maximum absolute atomic E-state index is 11.9. The molecular weight excluding hydrogens is 284 g/mol. The SMILES string of the molecule is Cc1ccc(N2CC(CNC(=O)c3ccco3)OC2=O)cc1. The number of hydrogen-bond acceptors (Lipinski definition) is 4. The first kappa shape index (κ1) is 14.2. The monoisotopic (exact) mass is 300 g/mol. The van der Waals surface area contributed by atoms with E-state index in [1.165, 1.54) is 6.26 Å². The standard InChI is InChI=1S/C16H16N2O4/c1-11-4-6-12(7-5-11)18-10-13(22-16(18)20)9-17-15(19)14-3-2-8-21-14/h2-8,13H,9-10H2,1H3,(H,17,19). The summed E-state index contributed by atoms with van der Waals surface area (Å²) in [6, 6.07) is 10.8. The summed E-state index contributed by atoms with van der Waals surface area (Å²) in [5.74, 6) is -0.0884. The van der Waals surface area contributed by atoms with Crippen molar-refractivity contribution in [3.63, 3.8) is 0 Å². The minimum absolute atomic E-state index is 0.236. The van der Waals surface area contributed by atoms with E-state index < -0.39 is 6.09 Å². The van der Waals surface area contributed by atoms with E-state index >= 15 is 0 Å². The first-order valence-corrected chi connectivity index (χ1v) is 7.00. The molecule has 0 aliphatic carbocycles. The predicted molar refractivity (Wildman–Crippen MR) is 79.8 cm³/mol. The second-order valence-corrected chi connectivity index (χ2v) is 5.14. The molecule has 1 fully saturated rings. The molecule has 1 unspecified atom stereocenters. The van der Waals surface area contributed by atoms with Crippen LogP contribution in [-0.2, 0) is 4.74 Å². The fourth-order valence-corrected chi connectivity index (χ4v) is 2.26. The van der Waals surface area contributed by atoms with Gasteiger partial charge in [-0.2, -0.15) is 0 Å². The second kappa shape index (κ2) is 5.93. The Morgan fingerprint density at radius 3 is 2.77 bits per heavy atom. The molecule has 1 N–H and O–H groups in total. The van der Waals surface area contributed by atoms with Crippen LogP contribution in [0.1, 0.15) is 16.1 Å². The smallest absolute Gasteiger partial charge is 0.414 e. The normalized spacial score (nSPS) is 17.4.